The van der Waals surface area contributed by atoms with E-state index < -0.39 is 5.97 Å². The van der Waals surface area contributed by atoms with Crippen LogP contribution in [0.3, 0.4) is 0 Å². The van der Waals surface area contributed by atoms with Gasteiger partial charge < -0.3 is 9.47 Å². The van der Waals surface area contributed by atoms with Crippen LogP contribution < -0.4 is 9.47 Å². The third-order valence-electron chi connectivity index (χ3n) is 3.48. The zero-order chi connectivity index (χ0) is 16.3. The molecule has 116 valence electrons. The summed E-state index contributed by atoms with van der Waals surface area (Å²) in [5.41, 5.74) is 4.05. The molecule has 0 spiro atoms. The Morgan fingerprint density at radius 2 is 1.50 bits per heavy atom. The summed E-state index contributed by atoms with van der Waals surface area (Å²) in [5.74, 6) is 0.691. The molecule has 0 aliphatic carbocycles. The third kappa shape index (κ3) is 4.01. The summed E-state index contributed by atoms with van der Waals surface area (Å²) in [6.45, 7) is 7.64. The fraction of sp³-hybridized carbons (Fsp3) is 0.278. The smallest absolute Gasteiger partial charge is 0.349 e. The Morgan fingerprint density at radius 3 is 2.09 bits per heavy atom. The van der Waals surface area contributed by atoms with Gasteiger partial charge in [0.15, 0.2) is 6.61 Å². The van der Waals surface area contributed by atoms with Gasteiger partial charge in [0, 0.05) is 5.02 Å². The van der Waals surface area contributed by atoms with Crippen LogP contribution in [-0.2, 0) is 4.79 Å². The summed E-state index contributed by atoms with van der Waals surface area (Å²) in [6, 6.07) is 9.18. The van der Waals surface area contributed by atoms with Crippen molar-refractivity contribution in [2.45, 2.75) is 27.7 Å². The molecule has 2 aromatic carbocycles. The molecule has 2 rings (SSSR count). The highest BCUT2D eigenvalue weighted by atomic mass is 35.5. The van der Waals surface area contributed by atoms with E-state index >= 15 is 0 Å². The number of rotatable bonds is 4. The van der Waals surface area contributed by atoms with Crippen LogP contribution in [0.15, 0.2) is 30.3 Å². The summed E-state index contributed by atoms with van der Waals surface area (Å²) in [4.78, 5) is 11.9. The van der Waals surface area contributed by atoms with Crippen molar-refractivity contribution >= 4 is 17.6 Å². The number of carbonyl (C=O) groups excluding carboxylic acids is 1. The van der Waals surface area contributed by atoms with Gasteiger partial charge in [-0.2, -0.15) is 0 Å². The highest BCUT2D eigenvalue weighted by Gasteiger charge is 2.09. The van der Waals surface area contributed by atoms with Crippen LogP contribution in [-0.4, -0.2) is 12.6 Å². The Labute approximate surface area is 135 Å². The second kappa shape index (κ2) is 6.84. The number of hydrogen-bond acceptors (Lipinski definition) is 3. The van der Waals surface area contributed by atoms with Crippen LogP contribution in [0.5, 0.6) is 11.5 Å². The van der Waals surface area contributed by atoms with Crippen LogP contribution in [0.1, 0.15) is 22.3 Å². The topological polar surface area (TPSA) is 35.5 Å². The first-order valence-electron chi connectivity index (χ1n) is 7.04. The molecule has 2 aromatic rings. The first-order chi connectivity index (χ1) is 10.4. The maximum atomic E-state index is 11.9. The van der Waals surface area contributed by atoms with Crippen LogP contribution in [0.25, 0.3) is 0 Å². The Morgan fingerprint density at radius 1 is 0.909 bits per heavy atom. The average Bonchev–Trinajstić information content (AvgIpc) is 2.46. The molecule has 0 saturated heterocycles. The maximum absolute atomic E-state index is 11.9. The van der Waals surface area contributed by atoms with E-state index in [0.717, 1.165) is 16.7 Å². The molecule has 0 N–H and O–H groups in total. The first kappa shape index (κ1) is 16.4. The first-order valence-corrected chi connectivity index (χ1v) is 7.42. The molecule has 0 heterocycles. The van der Waals surface area contributed by atoms with E-state index in [2.05, 4.69) is 0 Å². The largest absolute Gasteiger partial charge is 0.482 e. The second-order valence-electron chi connectivity index (χ2n) is 5.38. The predicted octanol–water partition coefficient (Wildman–Crippen LogP) is 4.56. The fourth-order valence-corrected chi connectivity index (χ4v) is 2.18. The second-order valence-corrected chi connectivity index (χ2v) is 5.76. The van der Waals surface area contributed by atoms with Crippen molar-refractivity contribution in [2.24, 2.45) is 0 Å². The number of carbonyl (C=O) groups is 1. The zero-order valence-electron chi connectivity index (χ0n) is 13.2. The molecule has 0 bridgehead atoms. The number of halogens is 1. The minimum absolute atomic E-state index is 0.136. The van der Waals surface area contributed by atoms with Gasteiger partial charge in [0.1, 0.15) is 11.5 Å². The summed E-state index contributed by atoms with van der Waals surface area (Å²) in [5, 5.41) is 0.686. The van der Waals surface area contributed by atoms with Crippen molar-refractivity contribution in [3.05, 3.63) is 57.6 Å². The minimum Gasteiger partial charge on any atom is -0.482 e. The van der Waals surface area contributed by atoms with Gasteiger partial charge in [-0.15, -0.1) is 0 Å². The highest BCUT2D eigenvalue weighted by molar-refractivity contribution is 6.32. The maximum Gasteiger partial charge on any atom is 0.349 e. The van der Waals surface area contributed by atoms with E-state index in [1.165, 1.54) is 5.56 Å². The molecule has 22 heavy (non-hydrogen) atoms. The van der Waals surface area contributed by atoms with Gasteiger partial charge >= 0.3 is 5.97 Å². The molecule has 0 aromatic heterocycles. The van der Waals surface area contributed by atoms with Gasteiger partial charge in [-0.1, -0.05) is 17.7 Å². The standard InChI is InChI=1S/C18H19ClO3/c1-11-5-6-15(7-12(11)2)21-10-17(20)22-16-8-13(3)18(19)14(4)9-16/h5-9H,10H2,1-4H3. The van der Waals surface area contributed by atoms with Crippen LogP contribution >= 0.6 is 11.6 Å². The van der Waals surface area contributed by atoms with E-state index in [1.54, 1.807) is 12.1 Å². The number of esters is 1. The van der Waals surface area contributed by atoms with Crippen LogP contribution in [0.4, 0.5) is 0 Å². The highest BCUT2D eigenvalue weighted by Crippen LogP contribution is 2.26. The zero-order valence-corrected chi connectivity index (χ0v) is 14.0. The Hall–Kier alpha value is -2.00. The van der Waals surface area contributed by atoms with Gasteiger partial charge in [0.2, 0.25) is 0 Å². The molecule has 3 nitrogen and oxygen atoms in total. The molecule has 0 amide bonds. The predicted molar refractivity (Wildman–Crippen MR) is 88.0 cm³/mol. The molecule has 0 unspecified atom stereocenters. The quantitative estimate of drug-likeness (QED) is 0.612. The minimum atomic E-state index is -0.445. The van der Waals surface area contributed by atoms with Crippen molar-refractivity contribution in [3.63, 3.8) is 0 Å². The SMILES string of the molecule is Cc1ccc(OCC(=O)Oc2cc(C)c(Cl)c(C)c2)cc1C. The van der Waals surface area contributed by atoms with Gasteiger partial charge in [-0.05, 0) is 74.2 Å². The van der Waals surface area contributed by atoms with Crippen LogP contribution in [0.2, 0.25) is 5.02 Å². The molecule has 0 saturated carbocycles. The molecule has 0 atom stereocenters. The molecule has 0 fully saturated rings. The summed E-state index contributed by atoms with van der Waals surface area (Å²) in [7, 11) is 0. The summed E-state index contributed by atoms with van der Waals surface area (Å²) in [6.07, 6.45) is 0. The molecule has 0 aliphatic heterocycles. The number of hydrogen-bond donors (Lipinski definition) is 0. The van der Waals surface area contributed by atoms with Gasteiger partial charge in [0.25, 0.3) is 0 Å². The number of ether oxygens (including phenoxy) is 2. The van der Waals surface area contributed by atoms with Crippen LogP contribution in [0, 0.1) is 27.7 Å². The van der Waals surface area contributed by atoms with E-state index in [-0.39, 0.29) is 6.61 Å². The van der Waals surface area contributed by atoms with Gasteiger partial charge in [-0.25, -0.2) is 4.79 Å². The molecular formula is C18H19ClO3. The fourth-order valence-electron chi connectivity index (χ4n) is 2.07. The lowest BCUT2D eigenvalue weighted by Gasteiger charge is -2.10. The lowest BCUT2D eigenvalue weighted by molar-refractivity contribution is -0.136. The number of benzene rings is 2. The number of aryl methyl sites for hydroxylation is 4. The Bertz CT molecular complexity index is 684. The summed E-state index contributed by atoms with van der Waals surface area (Å²) < 4.78 is 10.7. The van der Waals surface area contributed by atoms with Crippen molar-refractivity contribution in [3.8, 4) is 11.5 Å². The van der Waals surface area contributed by atoms with Gasteiger partial charge in [-0.3, -0.25) is 0 Å². The molecule has 4 heteroatoms. The van der Waals surface area contributed by atoms with E-state index in [4.69, 9.17) is 21.1 Å². The van der Waals surface area contributed by atoms with Crippen molar-refractivity contribution < 1.29 is 14.3 Å². The lowest BCUT2D eigenvalue weighted by atomic mass is 10.1. The van der Waals surface area contributed by atoms with E-state index in [0.29, 0.717) is 16.5 Å². The normalized spacial score (nSPS) is 10.4. The Kier molecular flexibility index (Phi) is 5.09. The van der Waals surface area contributed by atoms with E-state index in [1.807, 2.05) is 45.9 Å². The third-order valence-corrected chi connectivity index (χ3v) is 4.07. The summed E-state index contributed by atoms with van der Waals surface area (Å²) >= 11 is 6.09. The van der Waals surface area contributed by atoms with Gasteiger partial charge in [0.05, 0.1) is 0 Å². The molecule has 0 aliphatic rings. The van der Waals surface area contributed by atoms with Crippen molar-refractivity contribution in [1.29, 1.82) is 0 Å². The van der Waals surface area contributed by atoms with Crippen molar-refractivity contribution in [1.82, 2.24) is 0 Å². The molecular weight excluding hydrogens is 300 g/mol. The molecule has 0 radical (unpaired) electrons. The average molecular weight is 319 g/mol. The van der Waals surface area contributed by atoms with E-state index in [9.17, 15) is 4.79 Å². The Balaban J connectivity index is 1.97. The van der Waals surface area contributed by atoms with Crippen molar-refractivity contribution in [2.75, 3.05) is 6.61 Å². The lowest BCUT2D eigenvalue weighted by Crippen LogP contribution is -2.17. The monoisotopic (exact) mass is 318 g/mol.